The molecule has 0 amide bonds. The zero-order valence-electron chi connectivity index (χ0n) is 11.6. The summed E-state index contributed by atoms with van der Waals surface area (Å²) in [7, 11) is 3.60. The van der Waals surface area contributed by atoms with Gasteiger partial charge in [0.05, 0.1) is 19.8 Å². The Hall–Kier alpha value is -1.26. The Bertz CT molecular complexity index is 393. The molecule has 1 rings (SSSR count). The van der Waals surface area contributed by atoms with E-state index in [-0.39, 0.29) is 19.3 Å². The van der Waals surface area contributed by atoms with Crippen LogP contribution < -0.4 is 9.64 Å². The lowest BCUT2D eigenvalue weighted by Gasteiger charge is -2.30. The second-order valence-electron chi connectivity index (χ2n) is 4.57. The van der Waals surface area contributed by atoms with Gasteiger partial charge in [-0.2, -0.15) is 0 Å². The topological polar surface area (TPSA) is 52.9 Å². The van der Waals surface area contributed by atoms with Crippen LogP contribution in [0.15, 0.2) is 12.1 Å². The second-order valence-corrected chi connectivity index (χ2v) is 4.57. The molecule has 0 saturated heterocycles. The summed E-state index contributed by atoms with van der Waals surface area (Å²) in [6.07, 6.45) is 0.553. The van der Waals surface area contributed by atoms with Crippen LogP contribution in [0.5, 0.6) is 5.75 Å². The summed E-state index contributed by atoms with van der Waals surface area (Å²) in [6, 6.07) is 3.98. The van der Waals surface area contributed by atoms with Crippen LogP contribution in [0.4, 0.5) is 5.69 Å². The lowest BCUT2D eigenvalue weighted by Crippen LogP contribution is -2.36. The largest absolute Gasteiger partial charge is 0.496 e. The molecule has 0 radical (unpaired) electrons. The fourth-order valence-corrected chi connectivity index (χ4v) is 2.13. The number of aliphatic hydroxyl groups excluding tert-OH is 2. The minimum Gasteiger partial charge on any atom is -0.496 e. The smallest absolute Gasteiger partial charge is 0.122 e. The van der Waals surface area contributed by atoms with Crippen molar-refractivity contribution in [3.63, 3.8) is 0 Å². The van der Waals surface area contributed by atoms with E-state index in [0.717, 1.165) is 22.6 Å². The van der Waals surface area contributed by atoms with E-state index >= 15 is 0 Å². The molecule has 0 fully saturated rings. The summed E-state index contributed by atoms with van der Waals surface area (Å²) in [5.41, 5.74) is 3.21. The third-order valence-electron chi connectivity index (χ3n) is 3.31. The lowest BCUT2D eigenvalue weighted by molar-refractivity contribution is 0.218. The van der Waals surface area contributed by atoms with E-state index in [1.54, 1.807) is 7.11 Å². The predicted octanol–water partition coefficient (Wildman–Crippen LogP) is 1.49. The maximum Gasteiger partial charge on any atom is 0.122 e. The second kappa shape index (κ2) is 6.61. The summed E-state index contributed by atoms with van der Waals surface area (Å²) in [4.78, 5) is 2.01. The molecule has 1 aromatic carbocycles. The van der Waals surface area contributed by atoms with Crippen molar-refractivity contribution in [3.05, 3.63) is 23.3 Å². The van der Waals surface area contributed by atoms with Gasteiger partial charge in [-0.15, -0.1) is 0 Å². The summed E-state index contributed by atoms with van der Waals surface area (Å²) in [5.74, 6) is 0.868. The first-order valence-electron chi connectivity index (χ1n) is 6.15. The van der Waals surface area contributed by atoms with E-state index in [0.29, 0.717) is 6.42 Å². The van der Waals surface area contributed by atoms with Gasteiger partial charge in [0.1, 0.15) is 5.75 Å². The lowest BCUT2D eigenvalue weighted by atomic mass is 10.1. The number of hydrogen-bond donors (Lipinski definition) is 2. The number of benzene rings is 1. The Morgan fingerprint density at radius 2 is 1.89 bits per heavy atom. The van der Waals surface area contributed by atoms with E-state index in [2.05, 4.69) is 0 Å². The van der Waals surface area contributed by atoms with Crippen LogP contribution in [0, 0.1) is 13.8 Å². The Morgan fingerprint density at radius 3 is 2.39 bits per heavy atom. The molecule has 18 heavy (non-hydrogen) atoms. The number of likely N-dealkylation sites (N-methyl/N-ethyl adjacent to an activating group) is 1. The molecule has 2 N–H and O–H groups in total. The van der Waals surface area contributed by atoms with E-state index in [1.165, 1.54) is 0 Å². The van der Waals surface area contributed by atoms with Gasteiger partial charge in [-0.05, 0) is 43.5 Å². The summed E-state index contributed by atoms with van der Waals surface area (Å²) in [5, 5.41) is 18.4. The number of ether oxygens (including phenoxy) is 1. The summed E-state index contributed by atoms with van der Waals surface area (Å²) in [6.45, 7) is 4.11. The van der Waals surface area contributed by atoms with Gasteiger partial charge >= 0.3 is 0 Å². The van der Waals surface area contributed by atoms with Crippen LogP contribution in [-0.4, -0.2) is 43.6 Å². The van der Waals surface area contributed by atoms with Crippen molar-refractivity contribution in [2.75, 3.05) is 32.3 Å². The van der Waals surface area contributed by atoms with Crippen molar-refractivity contribution in [1.29, 1.82) is 0 Å². The van der Waals surface area contributed by atoms with Gasteiger partial charge in [0, 0.05) is 19.3 Å². The number of methoxy groups -OCH3 is 1. The third kappa shape index (κ3) is 3.15. The number of rotatable bonds is 6. The molecular weight excluding hydrogens is 230 g/mol. The van der Waals surface area contributed by atoms with Crippen LogP contribution >= 0.6 is 0 Å². The maximum absolute atomic E-state index is 9.37. The highest BCUT2D eigenvalue weighted by Crippen LogP contribution is 2.29. The summed E-state index contributed by atoms with van der Waals surface area (Å²) >= 11 is 0. The highest BCUT2D eigenvalue weighted by atomic mass is 16.5. The first-order chi connectivity index (χ1) is 8.54. The van der Waals surface area contributed by atoms with E-state index in [4.69, 9.17) is 9.84 Å². The minimum atomic E-state index is -0.0681. The van der Waals surface area contributed by atoms with Crippen LogP contribution in [0.1, 0.15) is 17.5 Å². The molecule has 0 spiro atoms. The van der Waals surface area contributed by atoms with Crippen LogP contribution in [0.25, 0.3) is 0 Å². The SMILES string of the molecule is COc1cc(C)c(N(C)C(CO)CCO)cc1C. The number of aryl methyl sites for hydroxylation is 2. The van der Waals surface area contributed by atoms with Gasteiger partial charge < -0.3 is 19.8 Å². The zero-order valence-corrected chi connectivity index (χ0v) is 11.6. The van der Waals surface area contributed by atoms with E-state index < -0.39 is 0 Å². The quantitative estimate of drug-likeness (QED) is 0.806. The molecule has 0 aliphatic heterocycles. The average molecular weight is 253 g/mol. The molecule has 0 bridgehead atoms. The molecular formula is C14H23NO3. The molecule has 102 valence electrons. The molecule has 0 heterocycles. The molecule has 0 saturated carbocycles. The van der Waals surface area contributed by atoms with Gasteiger partial charge in [-0.25, -0.2) is 0 Å². The first-order valence-corrected chi connectivity index (χ1v) is 6.15. The van der Waals surface area contributed by atoms with E-state index in [9.17, 15) is 5.11 Å². The van der Waals surface area contributed by atoms with Crippen molar-refractivity contribution in [2.24, 2.45) is 0 Å². The fraction of sp³-hybridized carbons (Fsp3) is 0.571. The highest BCUT2D eigenvalue weighted by Gasteiger charge is 2.16. The zero-order chi connectivity index (χ0) is 13.7. The van der Waals surface area contributed by atoms with Gasteiger partial charge in [0.15, 0.2) is 0 Å². The van der Waals surface area contributed by atoms with Crippen LogP contribution in [-0.2, 0) is 0 Å². The molecule has 0 aliphatic carbocycles. The maximum atomic E-state index is 9.37. The molecule has 1 atom stereocenters. The monoisotopic (exact) mass is 253 g/mol. The Morgan fingerprint density at radius 1 is 1.22 bits per heavy atom. The number of aliphatic hydroxyl groups is 2. The number of anilines is 1. The Balaban J connectivity index is 3.04. The molecule has 0 aliphatic rings. The fourth-order valence-electron chi connectivity index (χ4n) is 2.13. The average Bonchev–Trinajstić information content (AvgIpc) is 2.37. The molecule has 4 nitrogen and oxygen atoms in total. The van der Waals surface area contributed by atoms with Gasteiger partial charge in [0.2, 0.25) is 0 Å². The molecule has 1 aromatic rings. The molecule has 1 unspecified atom stereocenters. The van der Waals surface area contributed by atoms with Crippen molar-refractivity contribution in [1.82, 2.24) is 0 Å². The number of nitrogens with zero attached hydrogens (tertiary/aromatic N) is 1. The molecule has 4 heteroatoms. The first kappa shape index (κ1) is 14.8. The van der Waals surface area contributed by atoms with E-state index in [1.807, 2.05) is 37.9 Å². The highest BCUT2D eigenvalue weighted by molar-refractivity contribution is 5.59. The van der Waals surface area contributed by atoms with Crippen molar-refractivity contribution < 1.29 is 14.9 Å². The van der Waals surface area contributed by atoms with Crippen molar-refractivity contribution in [3.8, 4) is 5.75 Å². The number of hydrogen-bond acceptors (Lipinski definition) is 4. The van der Waals surface area contributed by atoms with Crippen molar-refractivity contribution >= 4 is 5.69 Å². The molecule has 0 aromatic heterocycles. The summed E-state index contributed by atoms with van der Waals surface area (Å²) < 4.78 is 5.29. The Kier molecular flexibility index (Phi) is 5.44. The van der Waals surface area contributed by atoms with Crippen LogP contribution in [0.3, 0.4) is 0 Å². The Labute approximate surface area is 109 Å². The standard InChI is InChI=1S/C14H23NO3/c1-10-8-14(18-4)11(2)7-13(10)15(3)12(9-17)5-6-16/h7-8,12,16-17H,5-6,9H2,1-4H3. The third-order valence-corrected chi connectivity index (χ3v) is 3.31. The normalized spacial score (nSPS) is 12.3. The van der Waals surface area contributed by atoms with Gasteiger partial charge in [0.25, 0.3) is 0 Å². The van der Waals surface area contributed by atoms with Gasteiger partial charge in [-0.3, -0.25) is 0 Å². The van der Waals surface area contributed by atoms with Crippen LogP contribution in [0.2, 0.25) is 0 Å². The minimum absolute atomic E-state index is 0.0293. The van der Waals surface area contributed by atoms with Gasteiger partial charge in [-0.1, -0.05) is 0 Å². The van der Waals surface area contributed by atoms with Crippen molar-refractivity contribution in [2.45, 2.75) is 26.3 Å². The predicted molar refractivity (Wildman–Crippen MR) is 73.4 cm³/mol.